The molecule has 144 valence electrons. The first-order chi connectivity index (χ1) is 12.6. The second-order valence-electron chi connectivity index (χ2n) is 5.97. The van der Waals surface area contributed by atoms with Crippen molar-refractivity contribution in [1.82, 2.24) is 10.6 Å². The Morgan fingerprint density at radius 3 is 2.50 bits per heavy atom. The van der Waals surface area contributed by atoms with Gasteiger partial charge in [0, 0.05) is 56.6 Å². The number of nitrogens with zero attached hydrogens (tertiary/aromatic N) is 2. The van der Waals surface area contributed by atoms with Gasteiger partial charge in [-0.1, -0.05) is 0 Å². The number of carbonyl (C=O) groups is 1. The van der Waals surface area contributed by atoms with Crippen molar-refractivity contribution < 1.29 is 19.0 Å². The number of guanidine groups is 1. The molecule has 2 N–H and O–H groups in total. The average molecular weight is 364 g/mol. The topological polar surface area (TPSA) is 84.4 Å². The lowest BCUT2D eigenvalue weighted by Crippen LogP contribution is -2.45. The Morgan fingerprint density at radius 1 is 1.23 bits per heavy atom. The van der Waals surface area contributed by atoms with Gasteiger partial charge >= 0.3 is 5.97 Å². The zero-order valence-corrected chi connectivity index (χ0v) is 15.9. The molecule has 8 nitrogen and oxygen atoms in total. The molecule has 0 saturated carbocycles. The monoisotopic (exact) mass is 364 g/mol. The van der Waals surface area contributed by atoms with Crippen LogP contribution >= 0.6 is 0 Å². The lowest BCUT2D eigenvalue weighted by molar-refractivity contribution is -0.140. The highest BCUT2D eigenvalue weighted by molar-refractivity contribution is 5.80. The standard InChI is InChI=1S/C18H28N4O4/c1-19-18(20-7-5-17(23)26-4)21-13-6-8-22(12-13)14-9-15(24-2)11-16(10-14)25-3/h9-11,13H,5-8,12H2,1-4H3,(H2,19,20,21). The van der Waals surface area contributed by atoms with E-state index >= 15 is 0 Å². The summed E-state index contributed by atoms with van der Waals surface area (Å²) in [7, 11) is 6.40. The summed E-state index contributed by atoms with van der Waals surface area (Å²) < 4.78 is 15.3. The number of esters is 1. The summed E-state index contributed by atoms with van der Waals surface area (Å²) >= 11 is 0. The van der Waals surface area contributed by atoms with Crippen molar-refractivity contribution in [3.05, 3.63) is 18.2 Å². The number of methoxy groups -OCH3 is 3. The van der Waals surface area contributed by atoms with Crippen molar-refractivity contribution in [2.45, 2.75) is 18.9 Å². The van der Waals surface area contributed by atoms with Crippen LogP contribution in [0.4, 0.5) is 5.69 Å². The van der Waals surface area contributed by atoms with E-state index in [0.717, 1.165) is 36.7 Å². The molecule has 1 fully saturated rings. The van der Waals surface area contributed by atoms with Gasteiger partial charge in [-0.3, -0.25) is 9.79 Å². The van der Waals surface area contributed by atoms with Gasteiger partial charge in [0.2, 0.25) is 0 Å². The van der Waals surface area contributed by atoms with Gasteiger partial charge in [-0.15, -0.1) is 0 Å². The van der Waals surface area contributed by atoms with Crippen LogP contribution in [0.5, 0.6) is 11.5 Å². The van der Waals surface area contributed by atoms with E-state index in [1.807, 2.05) is 18.2 Å². The molecule has 1 unspecified atom stereocenters. The first-order valence-corrected chi connectivity index (χ1v) is 8.61. The van der Waals surface area contributed by atoms with Gasteiger partial charge < -0.3 is 29.7 Å². The van der Waals surface area contributed by atoms with E-state index in [0.29, 0.717) is 18.9 Å². The summed E-state index contributed by atoms with van der Waals surface area (Å²) in [6.45, 7) is 2.25. The molecule has 0 amide bonds. The Kier molecular flexibility index (Phi) is 7.37. The molecule has 1 aromatic carbocycles. The Labute approximate surface area is 154 Å². The first kappa shape index (κ1) is 19.7. The zero-order chi connectivity index (χ0) is 18.9. The van der Waals surface area contributed by atoms with E-state index in [1.54, 1.807) is 21.3 Å². The van der Waals surface area contributed by atoms with Crippen LogP contribution < -0.4 is 25.0 Å². The Morgan fingerprint density at radius 2 is 1.92 bits per heavy atom. The lowest BCUT2D eigenvalue weighted by Gasteiger charge is -2.21. The summed E-state index contributed by atoms with van der Waals surface area (Å²) in [4.78, 5) is 17.7. The molecular formula is C18H28N4O4. The molecule has 26 heavy (non-hydrogen) atoms. The van der Waals surface area contributed by atoms with Crippen LogP contribution in [-0.2, 0) is 9.53 Å². The maximum atomic E-state index is 11.2. The molecule has 1 heterocycles. The smallest absolute Gasteiger partial charge is 0.307 e. The molecular weight excluding hydrogens is 336 g/mol. The SMILES string of the molecule is CN=C(NCCC(=O)OC)NC1CCN(c2cc(OC)cc(OC)c2)C1. The number of ether oxygens (including phenoxy) is 3. The molecule has 0 bridgehead atoms. The lowest BCUT2D eigenvalue weighted by atomic mass is 10.2. The molecule has 0 aliphatic carbocycles. The highest BCUT2D eigenvalue weighted by atomic mass is 16.5. The molecule has 1 aliphatic rings. The Hall–Kier alpha value is -2.64. The van der Waals surface area contributed by atoms with E-state index in [-0.39, 0.29) is 12.0 Å². The molecule has 1 saturated heterocycles. The summed E-state index contributed by atoms with van der Waals surface area (Å²) in [6.07, 6.45) is 1.29. The fourth-order valence-electron chi connectivity index (χ4n) is 2.86. The average Bonchev–Trinajstić information content (AvgIpc) is 3.15. The van der Waals surface area contributed by atoms with E-state index in [1.165, 1.54) is 7.11 Å². The second kappa shape index (κ2) is 9.74. The molecule has 0 radical (unpaired) electrons. The summed E-state index contributed by atoms with van der Waals surface area (Å²) in [5, 5.41) is 6.53. The van der Waals surface area contributed by atoms with Gasteiger partial charge in [-0.2, -0.15) is 0 Å². The third kappa shape index (κ3) is 5.44. The maximum Gasteiger partial charge on any atom is 0.307 e. The minimum atomic E-state index is -0.244. The van der Waals surface area contributed by atoms with Crippen molar-refractivity contribution in [3.63, 3.8) is 0 Å². The number of rotatable bonds is 7. The minimum Gasteiger partial charge on any atom is -0.497 e. The van der Waals surface area contributed by atoms with Crippen LogP contribution in [0, 0.1) is 0 Å². The summed E-state index contributed by atoms with van der Waals surface area (Å²) in [5.41, 5.74) is 1.07. The first-order valence-electron chi connectivity index (χ1n) is 8.61. The van der Waals surface area contributed by atoms with Gasteiger partial charge in [-0.05, 0) is 6.42 Å². The Balaban J connectivity index is 1.90. The van der Waals surface area contributed by atoms with Crippen molar-refractivity contribution in [2.75, 3.05) is 52.9 Å². The van der Waals surface area contributed by atoms with Gasteiger partial charge in [0.05, 0.1) is 27.8 Å². The van der Waals surface area contributed by atoms with Crippen LogP contribution in [0.1, 0.15) is 12.8 Å². The fraction of sp³-hybridized carbons (Fsp3) is 0.556. The normalized spacial score (nSPS) is 17.0. The van der Waals surface area contributed by atoms with E-state index in [9.17, 15) is 4.79 Å². The number of benzene rings is 1. The summed E-state index contributed by atoms with van der Waals surface area (Å²) in [6, 6.07) is 6.14. The highest BCUT2D eigenvalue weighted by Crippen LogP contribution is 2.30. The molecule has 8 heteroatoms. The molecule has 0 spiro atoms. The zero-order valence-electron chi connectivity index (χ0n) is 15.9. The Bertz CT molecular complexity index is 613. The third-order valence-electron chi connectivity index (χ3n) is 4.30. The van der Waals surface area contributed by atoms with Gasteiger partial charge in [0.15, 0.2) is 5.96 Å². The van der Waals surface area contributed by atoms with Crippen molar-refractivity contribution in [1.29, 1.82) is 0 Å². The van der Waals surface area contributed by atoms with Gasteiger partial charge in [0.1, 0.15) is 11.5 Å². The van der Waals surface area contributed by atoms with E-state index in [4.69, 9.17) is 9.47 Å². The number of anilines is 1. The molecule has 1 atom stereocenters. The number of hydrogen-bond donors (Lipinski definition) is 2. The van der Waals surface area contributed by atoms with E-state index < -0.39 is 0 Å². The molecule has 0 aromatic heterocycles. The highest BCUT2D eigenvalue weighted by Gasteiger charge is 2.24. The quantitative estimate of drug-likeness (QED) is 0.424. The molecule has 2 rings (SSSR count). The fourth-order valence-corrected chi connectivity index (χ4v) is 2.86. The van der Waals surface area contributed by atoms with Gasteiger partial charge in [0.25, 0.3) is 0 Å². The molecule has 1 aliphatic heterocycles. The second-order valence-corrected chi connectivity index (χ2v) is 5.97. The van der Waals surface area contributed by atoms with Crippen LogP contribution in [0.25, 0.3) is 0 Å². The predicted molar refractivity (Wildman–Crippen MR) is 101 cm³/mol. The largest absolute Gasteiger partial charge is 0.497 e. The van der Waals surface area contributed by atoms with Crippen molar-refractivity contribution in [2.24, 2.45) is 4.99 Å². The third-order valence-corrected chi connectivity index (χ3v) is 4.30. The van der Waals surface area contributed by atoms with Crippen LogP contribution in [-0.4, -0.2) is 66.0 Å². The predicted octanol–water partition coefficient (Wildman–Crippen LogP) is 1.01. The number of nitrogens with one attached hydrogen (secondary N) is 2. The van der Waals surface area contributed by atoms with Crippen LogP contribution in [0.3, 0.4) is 0 Å². The number of aliphatic imine (C=N–C) groups is 1. The van der Waals surface area contributed by atoms with E-state index in [2.05, 4.69) is 25.3 Å². The van der Waals surface area contributed by atoms with Crippen LogP contribution in [0.2, 0.25) is 0 Å². The minimum absolute atomic E-state index is 0.244. The maximum absolute atomic E-state index is 11.2. The summed E-state index contributed by atoms with van der Waals surface area (Å²) in [5.74, 6) is 1.99. The number of carbonyl (C=O) groups excluding carboxylic acids is 1. The van der Waals surface area contributed by atoms with Crippen molar-refractivity contribution >= 4 is 17.6 Å². The van der Waals surface area contributed by atoms with Crippen LogP contribution in [0.15, 0.2) is 23.2 Å². The van der Waals surface area contributed by atoms with Crippen molar-refractivity contribution in [3.8, 4) is 11.5 Å². The number of hydrogen-bond acceptors (Lipinski definition) is 6. The molecule has 1 aromatic rings. The van der Waals surface area contributed by atoms with Gasteiger partial charge in [-0.25, -0.2) is 0 Å².